The van der Waals surface area contributed by atoms with Gasteiger partial charge in [0.15, 0.2) is 11.5 Å². The largest absolute Gasteiger partial charge is 0.493 e. The number of methoxy groups -OCH3 is 2. The second-order valence-corrected chi connectivity index (χ2v) is 9.46. The van der Waals surface area contributed by atoms with Gasteiger partial charge in [0, 0.05) is 35.1 Å². The van der Waals surface area contributed by atoms with Crippen LogP contribution in [0.4, 0.5) is 21.5 Å². The van der Waals surface area contributed by atoms with E-state index < -0.39 is 17.1 Å². The number of rotatable bonds is 8. The van der Waals surface area contributed by atoms with E-state index in [1.165, 1.54) is 24.3 Å². The predicted octanol–water partition coefficient (Wildman–Crippen LogP) is 5.67. The average Bonchev–Trinajstić information content (AvgIpc) is 3.74. The third kappa shape index (κ3) is 4.91. The van der Waals surface area contributed by atoms with Crippen molar-refractivity contribution < 1.29 is 28.2 Å². The molecule has 0 spiro atoms. The summed E-state index contributed by atoms with van der Waals surface area (Å²) in [4.78, 5) is 30.3. The summed E-state index contributed by atoms with van der Waals surface area (Å²) < 4.78 is 30.3. The predicted molar refractivity (Wildman–Crippen MR) is 142 cm³/mol. The zero-order chi connectivity index (χ0) is 26.9. The molecule has 2 N–H and O–H groups in total. The molecule has 1 aliphatic heterocycles. The summed E-state index contributed by atoms with van der Waals surface area (Å²) >= 11 is 0. The Kier molecular flexibility index (Phi) is 6.75. The lowest BCUT2D eigenvalue weighted by atomic mass is 9.93. The fourth-order valence-electron chi connectivity index (χ4n) is 4.43. The van der Waals surface area contributed by atoms with Gasteiger partial charge in [-0.25, -0.2) is 4.39 Å². The van der Waals surface area contributed by atoms with Gasteiger partial charge in [0.1, 0.15) is 23.1 Å². The highest BCUT2D eigenvalue weighted by atomic mass is 19.1. The van der Waals surface area contributed by atoms with Crippen molar-refractivity contribution in [2.45, 2.75) is 25.9 Å². The molecule has 1 heterocycles. The maximum absolute atomic E-state index is 13.1. The van der Waals surface area contributed by atoms with E-state index in [1.54, 1.807) is 38.5 Å². The number of aliphatic imine (C=N–C) groups is 1. The Labute approximate surface area is 219 Å². The lowest BCUT2D eigenvalue weighted by Crippen LogP contribution is -2.35. The second-order valence-electron chi connectivity index (χ2n) is 9.46. The summed E-state index contributed by atoms with van der Waals surface area (Å²) in [7, 11) is 3.16. The number of hydrogen-bond donors (Lipinski definition) is 2. The number of ether oxygens (including phenoxy) is 3. The van der Waals surface area contributed by atoms with Gasteiger partial charge in [-0.15, -0.1) is 0 Å². The molecule has 0 radical (unpaired) electrons. The number of benzene rings is 3. The highest BCUT2D eigenvalue weighted by Crippen LogP contribution is 2.48. The Balaban J connectivity index is 1.26. The molecule has 8 nitrogen and oxygen atoms in total. The van der Waals surface area contributed by atoms with Crippen molar-refractivity contribution in [1.82, 2.24) is 0 Å². The monoisotopic (exact) mass is 517 g/mol. The number of amides is 2. The summed E-state index contributed by atoms with van der Waals surface area (Å²) in [5, 5.41) is 5.54. The standard InChI is InChI=1S/C29H28FN3O5/c1-17-16-31-23-15-25(37-3)24(36-2)14-22(23)26(17)38-21-10-8-20(9-11-21)33-28(35)29(12-13-29)27(34)32-19-6-4-18(30)5-7-19/h4-11,14-17,26H,12-13H2,1-3H3,(H,32,34)(H,33,35). The zero-order valence-corrected chi connectivity index (χ0v) is 21.3. The quantitative estimate of drug-likeness (QED) is 0.375. The first kappa shape index (κ1) is 25.3. The van der Waals surface area contributed by atoms with Crippen LogP contribution >= 0.6 is 0 Å². The highest BCUT2D eigenvalue weighted by Gasteiger charge is 2.56. The summed E-state index contributed by atoms with van der Waals surface area (Å²) in [6.45, 7) is 2.02. The van der Waals surface area contributed by atoms with Crippen LogP contribution in [0, 0.1) is 17.2 Å². The number of carbonyl (C=O) groups is 2. The van der Waals surface area contributed by atoms with Crippen molar-refractivity contribution in [3.05, 3.63) is 72.0 Å². The van der Waals surface area contributed by atoms with Crippen LogP contribution in [0.15, 0.2) is 65.7 Å². The molecule has 2 amide bonds. The number of nitrogens with one attached hydrogen (secondary N) is 2. The van der Waals surface area contributed by atoms with Crippen LogP contribution < -0.4 is 24.8 Å². The average molecular weight is 518 g/mol. The molecule has 1 fully saturated rings. The van der Waals surface area contributed by atoms with Gasteiger partial charge in [-0.1, -0.05) is 6.92 Å². The number of nitrogens with zero attached hydrogens (tertiary/aromatic N) is 1. The topological polar surface area (TPSA) is 98.2 Å². The van der Waals surface area contributed by atoms with Crippen LogP contribution in [0.3, 0.4) is 0 Å². The smallest absolute Gasteiger partial charge is 0.240 e. The van der Waals surface area contributed by atoms with Crippen molar-refractivity contribution in [3.63, 3.8) is 0 Å². The van der Waals surface area contributed by atoms with E-state index in [9.17, 15) is 14.0 Å². The molecule has 2 aliphatic rings. The van der Waals surface area contributed by atoms with Crippen molar-refractivity contribution >= 4 is 35.1 Å². The molecule has 1 aliphatic carbocycles. The maximum Gasteiger partial charge on any atom is 0.240 e. The van der Waals surface area contributed by atoms with Gasteiger partial charge in [0.25, 0.3) is 0 Å². The number of halogens is 1. The molecule has 2 unspecified atom stereocenters. The minimum Gasteiger partial charge on any atom is -0.493 e. The van der Waals surface area contributed by atoms with E-state index in [4.69, 9.17) is 14.2 Å². The summed E-state index contributed by atoms with van der Waals surface area (Å²) in [6, 6.07) is 16.2. The van der Waals surface area contributed by atoms with Crippen LogP contribution in [0.1, 0.15) is 31.4 Å². The lowest BCUT2D eigenvalue weighted by Gasteiger charge is -2.28. The molecule has 2 atom stereocenters. The van der Waals surface area contributed by atoms with Crippen LogP contribution in [-0.2, 0) is 9.59 Å². The van der Waals surface area contributed by atoms with E-state index >= 15 is 0 Å². The summed E-state index contributed by atoms with van der Waals surface area (Å²) in [5.41, 5.74) is 1.50. The zero-order valence-electron chi connectivity index (χ0n) is 21.3. The molecule has 3 aromatic carbocycles. The van der Waals surface area contributed by atoms with Gasteiger partial charge >= 0.3 is 0 Å². The molecule has 38 heavy (non-hydrogen) atoms. The van der Waals surface area contributed by atoms with Gasteiger partial charge < -0.3 is 24.8 Å². The third-order valence-electron chi connectivity index (χ3n) is 6.86. The molecule has 3 aromatic rings. The first-order valence-corrected chi connectivity index (χ1v) is 12.3. The molecular weight excluding hydrogens is 489 g/mol. The second kappa shape index (κ2) is 10.2. The molecule has 196 valence electrons. The van der Waals surface area contributed by atoms with Gasteiger partial charge in [-0.05, 0) is 67.4 Å². The SMILES string of the molecule is COc1cc2c(cc1OC)C(Oc1ccc(NC(=O)C3(C(=O)Nc4ccc(F)cc4)CC3)cc1)C(C)C=N2. The van der Waals surface area contributed by atoms with Gasteiger partial charge in [0.2, 0.25) is 11.8 Å². The molecule has 5 rings (SSSR count). The molecular formula is C29H28FN3O5. The number of anilines is 2. The van der Waals surface area contributed by atoms with E-state index in [0.717, 1.165) is 11.3 Å². The Morgan fingerprint density at radius 1 is 0.895 bits per heavy atom. The Bertz CT molecular complexity index is 1380. The molecule has 1 saturated carbocycles. The normalized spacial score (nSPS) is 18.6. The molecule has 9 heteroatoms. The van der Waals surface area contributed by atoms with Crippen molar-refractivity contribution in [2.24, 2.45) is 16.3 Å². The maximum atomic E-state index is 13.1. The number of hydrogen-bond acceptors (Lipinski definition) is 6. The fraction of sp³-hybridized carbons (Fsp3) is 0.276. The minimum atomic E-state index is -1.13. The Morgan fingerprint density at radius 3 is 2.00 bits per heavy atom. The van der Waals surface area contributed by atoms with Crippen molar-refractivity contribution in [3.8, 4) is 17.2 Å². The third-order valence-corrected chi connectivity index (χ3v) is 6.86. The summed E-state index contributed by atoms with van der Waals surface area (Å²) in [6.07, 6.45) is 2.44. The van der Waals surface area contributed by atoms with Crippen LogP contribution in [0.2, 0.25) is 0 Å². The van der Waals surface area contributed by atoms with Crippen LogP contribution in [0.25, 0.3) is 0 Å². The first-order valence-electron chi connectivity index (χ1n) is 12.3. The van der Waals surface area contributed by atoms with Crippen LogP contribution in [-0.4, -0.2) is 32.2 Å². The van der Waals surface area contributed by atoms with E-state index in [1.807, 2.05) is 25.3 Å². The summed E-state index contributed by atoms with van der Waals surface area (Å²) in [5.74, 6) is 0.638. The Hall–Kier alpha value is -4.40. The van der Waals surface area contributed by atoms with Gasteiger partial charge in [0.05, 0.1) is 19.9 Å². The first-order chi connectivity index (χ1) is 18.3. The minimum absolute atomic E-state index is 0.00863. The molecule has 0 aromatic heterocycles. The van der Waals surface area contributed by atoms with Gasteiger partial charge in [-0.3, -0.25) is 14.6 Å². The van der Waals surface area contributed by atoms with E-state index in [2.05, 4.69) is 15.6 Å². The lowest BCUT2D eigenvalue weighted by molar-refractivity contribution is -0.131. The van der Waals surface area contributed by atoms with Crippen molar-refractivity contribution in [1.29, 1.82) is 0 Å². The van der Waals surface area contributed by atoms with E-state index in [0.29, 0.717) is 41.5 Å². The highest BCUT2D eigenvalue weighted by molar-refractivity contribution is 6.16. The van der Waals surface area contributed by atoms with Crippen molar-refractivity contribution in [2.75, 3.05) is 24.9 Å². The number of fused-ring (bicyclic) bond motifs is 1. The van der Waals surface area contributed by atoms with Crippen LogP contribution in [0.5, 0.6) is 17.2 Å². The number of carbonyl (C=O) groups excluding carboxylic acids is 2. The Morgan fingerprint density at radius 2 is 1.45 bits per heavy atom. The fourth-order valence-corrected chi connectivity index (χ4v) is 4.43. The van der Waals surface area contributed by atoms with Gasteiger partial charge in [-0.2, -0.15) is 0 Å². The molecule has 0 bridgehead atoms. The molecule has 0 saturated heterocycles. The van der Waals surface area contributed by atoms with E-state index in [-0.39, 0.29) is 17.9 Å².